The zero-order valence-electron chi connectivity index (χ0n) is 9.54. The number of nitrogens with one attached hydrogen (secondary N) is 1. The van der Waals surface area contributed by atoms with Crippen molar-refractivity contribution < 1.29 is 0 Å². The minimum absolute atomic E-state index is 0.296. The van der Waals surface area contributed by atoms with Crippen LogP contribution in [0.1, 0.15) is 25.3 Å². The van der Waals surface area contributed by atoms with Crippen molar-refractivity contribution in [1.29, 1.82) is 0 Å². The molecule has 0 aromatic carbocycles. The van der Waals surface area contributed by atoms with Crippen LogP contribution in [-0.4, -0.2) is 28.2 Å². The fourth-order valence-corrected chi connectivity index (χ4v) is 1.62. The average molecular weight is 230 g/mol. The van der Waals surface area contributed by atoms with E-state index >= 15 is 0 Å². The van der Waals surface area contributed by atoms with Gasteiger partial charge in [-0.15, -0.1) is 11.6 Å². The third-order valence-corrected chi connectivity index (χ3v) is 2.52. The lowest BCUT2D eigenvalue weighted by Gasteiger charge is -2.04. The van der Waals surface area contributed by atoms with Gasteiger partial charge in [0.15, 0.2) is 0 Å². The Morgan fingerprint density at radius 1 is 1.53 bits per heavy atom. The van der Waals surface area contributed by atoms with Gasteiger partial charge in [0.25, 0.3) is 0 Å². The van der Waals surface area contributed by atoms with E-state index < -0.39 is 0 Å². The standard InChI is InChI=1S/C11H20ClN3/c1-10(12)4-3-6-13-7-5-11-8-14-15(2)9-11/h8-10,13H,3-7H2,1-2H3. The normalized spacial score (nSPS) is 13.0. The molecule has 1 heterocycles. The second kappa shape index (κ2) is 6.85. The molecule has 15 heavy (non-hydrogen) atoms. The highest BCUT2D eigenvalue weighted by Gasteiger charge is 1.97. The van der Waals surface area contributed by atoms with Crippen molar-refractivity contribution in [3.8, 4) is 0 Å². The van der Waals surface area contributed by atoms with Crippen molar-refractivity contribution in [2.24, 2.45) is 7.05 Å². The molecule has 0 spiro atoms. The molecule has 0 amide bonds. The van der Waals surface area contributed by atoms with Gasteiger partial charge in [0, 0.05) is 18.6 Å². The van der Waals surface area contributed by atoms with Crippen molar-refractivity contribution in [1.82, 2.24) is 15.1 Å². The van der Waals surface area contributed by atoms with Gasteiger partial charge in [-0.25, -0.2) is 0 Å². The first-order valence-electron chi connectivity index (χ1n) is 5.51. The molecular weight excluding hydrogens is 210 g/mol. The molecule has 0 radical (unpaired) electrons. The number of hydrogen-bond donors (Lipinski definition) is 1. The maximum absolute atomic E-state index is 5.85. The van der Waals surface area contributed by atoms with Gasteiger partial charge < -0.3 is 5.32 Å². The van der Waals surface area contributed by atoms with Crippen LogP contribution in [0.3, 0.4) is 0 Å². The molecule has 1 rings (SSSR count). The zero-order valence-corrected chi connectivity index (χ0v) is 10.3. The second-order valence-electron chi connectivity index (χ2n) is 3.95. The maximum Gasteiger partial charge on any atom is 0.0522 e. The number of alkyl halides is 1. The Labute approximate surface area is 96.8 Å². The predicted octanol–water partition coefficient (Wildman–Crippen LogP) is 1.96. The molecule has 1 aromatic heterocycles. The topological polar surface area (TPSA) is 29.9 Å². The average Bonchev–Trinajstić information content (AvgIpc) is 2.57. The van der Waals surface area contributed by atoms with Crippen LogP contribution in [0.5, 0.6) is 0 Å². The van der Waals surface area contributed by atoms with Gasteiger partial charge in [-0.2, -0.15) is 5.10 Å². The molecule has 0 aliphatic rings. The summed E-state index contributed by atoms with van der Waals surface area (Å²) >= 11 is 5.85. The van der Waals surface area contributed by atoms with Crippen molar-refractivity contribution in [2.45, 2.75) is 31.6 Å². The third-order valence-electron chi connectivity index (χ3n) is 2.30. The quantitative estimate of drug-likeness (QED) is 0.572. The minimum Gasteiger partial charge on any atom is -0.316 e. The largest absolute Gasteiger partial charge is 0.316 e. The summed E-state index contributed by atoms with van der Waals surface area (Å²) in [5.74, 6) is 0. The molecule has 3 nitrogen and oxygen atoms in total. The van der Waals surface area contributed by atoms with Gasteiger partial charge in [-0.3, -0.25) is 4.68 Å². The Balaban J connectivity index is 1.98. The van der Waals surface area contributed by atoms with Gasteiger partial charge >= 0.3 is 0 Å². The smallest absolute Gasteiger partial charge is 0.0522 e. The zero-order chi connectivity index (χ0) is 11.1. The van der Waals surface area contributed by atoms with Crippen LogP contribution in [0.2, 0.25) is 0 Å². The van der Waals surface area contributed by atoms with Crippen molar-refractivity contribution in [3.63, 3.8) is 0 Å². The maximum atomic E-state index is 5.85. The number of aromatic nitrogens is 2. The lowest BCUT2D eigenvalue weighted by atomic mass is 10.2. The lowest BCUT2D eigenvalue weighted by Crippen LogP contribution is -2.18. The number of hydrogen-bond acceptors (Lipinski definition) is 2. The first kappa shape index (κ1) is 12.5. The number of nitrogens with zero attached hydrogens (tertiary/aromatic N) is 2. The lowest BCUT2D eigenvalue weighted by molar-refractivity contribution is 0.619. The molecule has 4 heteroatoms. The fraction of sp³-hybridized carbons (Fsp3) is 0.727. The van der Waals surface area contributed by atoms with Crippen LogP contribution in [0.4, 0.5) is 0 Å². The fourth-order valence-electron chi connectivity index (χ4n) is 1.47. The van der Waals surface area contributed by atoms with Gasteiger partial charge in [0.2, 0.25) is 0 Å². The SMILES string of the molecule is CC(Cl)CCCNCCc1cnn(C)c1. The highest BCUT2D eigenvalue weighted by molar-refractivity contribution is 6.20. The predicted molar refractivity (Wildman–Crippen MR) is 64.3 cm³/mol. The molecule has 0 aliphatic heterocycles. The van der Waals surface area contributed by atoms with E-state index in [2.05, 4.69) is 16.6 Å². The molecule has 0 aliphatic carbocycles. The Kier molecular flexibility index (Phi) is 5.73. The highest BCUT2D eigenvalue weighted by Crippen LogP contribution is 2.02. The molecule has 0 bridgehead atoms. The second-order valence-corrected chi connectivity index (χ2v) is 4.69. The summed E-state index contributed by atoms with van der Waals surface area (Å²) in [6, 6.07) is 0. The van der Waals surface area contributed by atoms with Crippen LogP contribution in [0, 0.1) is 0 Å². The van der Waals surface area contributed by atoms with Crippen LogP contribution < -0.4 is 5.32 Å². The summed E-state index contributed by atoms with van der Waals surface area (Å²) in [7, 11) is 1.94. The van der Waals surface area contributed by atoms with E-state index in [0.717, 1.165) is 32.4 Å². The third kappa shape index (κ3) is 5.80. The van der Waals surface area contributed by atoms with E-state index in [1.807, 2.05) is 24.9 Å². The summed E-state index contributed by atoms with van der Waals surface area (Å²) in [6.45, 7) is 4.11. The van der Waals surface area contributed by atoms with E-state index in [1.165, 1.54) is 5.56 Å². The summed E-state index contributed by atoms with van der Waals surface area (Å²) in [5, 5.41) is 7.83. The molecule has 0 fully saturated rings. The molecule has 0 saturated heterocycles. The molecule has 1 N–H and O–H groups in total. The number of rotatable bonds is 7. The summed E-state index contributed by atoms with van der Waals surface area (Å²) in [5.41, 5.74) is 1.29. The van der Waals surface area contributed by atoms with E-state index in [-0.39, 0.29) is 0 Å². The summed E-state index contributed by atoms with van der Waals surface area (Å²) in [6.07, 6.45) is 7.26. The first-order chi connectivity index (χ1) is 7.18. The number of halogens is 1. The van der Waals surface area contributed by atoms with Crippen molar-refractivity contribution in [2.75, 3.05) is 13.1 Å². The molecule has 1 unspecified atom stereocenters. The molecule has 86 valence electrons. The van der Waals surface area contributed by atoms with Crippen LogP contribution in [0.25, 0.3) is 0 Å². The Morgan fingerprint density at radius 2 is 2.33 bits per heavy atom. The van der Waals surface area contributed by atoms with E-state index in [0.29, 0.717) is 5.38 Å². The van der Waals surface area contributed by atoms with Crippen molar-refractivity contribution >= 4 is 11.6 Å². The summed E-state index contributed by atoms with van der Waals surface area (Å²) in [4.78, 5) is 0. The molecular formula is C11H20ClN3. The minimum atomic E-state index is 0.296. The molecule has 0 saturated carbocycles. The Hall–Kier alpha value is -0.540. The highest BCUT2D eigenvalue weighted by atomic mass is 35.5. The van der Waals surface area contributed by atoms with Crippen LogP contribution >= 0.6 is 11.6 Å². The Morgan fingerprint density at radius 3 is 2.93 bits per heavy atom. The van der Waals surface area contributed by atoms with Gasteiger partial charge in [0.05, 0.1) is 6.20 Å². The van der Waals surface area contributed by atoms with Gasteiger partial charge in [0.1, 0.15) is 0 Å². The van der Waals surface area contributed by atoms with Crippen LogP contribution in [0.15, 0.2) is 12.4 Å². The first-order valence-corrected chi connectivity index (χ1v) is 5.94. The number of aryl methyl sites for hydroxylation is 1. The monoisotopic (exact) mass is 229 g/mol. The van der Waals surface area contributed by atoms with E-state index in [1.54, 1.807) is 0 Å². The van der Waals surface area contributed by atoms with Crippen LogP contribution in [-0.2, 0) is 13.5 Å². The Bertz CT molecular complexity index is 271. The van der Waals surface area contributed by atoms with E-state index in [9.17, 15) is 0 Å². The van der Waals surface area contributed by atoms with Gasteiger partial charge in [-0.05, 0) is 44.8 Å². The van der Waals surface area contributed by atoms with Gasteiger partial charge in [-0.1, -0.05) is 0 Å². The molecule has 1 atom stereocenters. The van der Waals surface area contributed by atoms with Crippen molar-refractivity contribution in [3.05, 3.63) is 18.0 Å². The summed E-state index contributed by atoms with van der Waals surface area (Å²) < 4.78 is 1.84. The van der Waals surface area contributed by atoms with E-state index in [4.69, 9.17) is 11.6 Å². The molecule has 1 aromatic rings.